The average Bonchev–Trinajstić information content (AvgIpc) is 3.25. The first-order valence-electron chi connectivity index (χ1n) is 11.6. The maximum Gasteiger partial charge on any atom is 0.219 e. The lowest BCUT2D eigenvalue weighted by molar-refractivity contribution is -0.121. The zero-order valence-corrected chi connectivity index (χ0v) is 18.2. The zero-order valence-electron chi connectivity index (χ0n) is 18.2. The van der Waals surface area contributed by atoms with E-state index in [0.29, 0.717) is 31.2 Å². The molecule has 2 saturated carbocycles. The van der Waals surface area contributed by atoms with E-state index in [1.165, 1.54) is 11.1 Å². The molecule has 2 fully saturated rings. The minimum atomic E-state index is -0.470. The number of aliphatic hydroxyl groups is 2. The highest BCUT2D eigenvalue weighted by molar-refractivity contribution is 5.75. The fourth-order valence-electron chi connectivity index (χ4n) is 5.11. The van der Waals surface area contributed by atoms with Crippen molar-refractivity contribution in [1.29, 1.82) is 0 Å². The number of unbranched alkanes of at least 4 members (excludes halogenated alkanes) is 1. The Morgan fingerprint density at radius 2 is 2.07 bits per heavy atom. The zero-order chi connectivity index (χ0) is 21.3. The topological polar surface area (TPSA) is 69.6 Å². The summed E-state index contributed by atoms with van der Waals surface area (Å²) in [6.45, 7) is 2.64. The molecular formula is C26H37NO3. The molecule has 30 heavy (non-hydrogen) atoms. The highest BCUT2D eigenvalue weighted by Gasteiger charge is 2.44. The lowest BCUT2D eigenvalue weighted by Crippen LogP contribution is -2.21. The molecule has 0 aromatic heterocycles. The van der Waals surface area contributed by atoms with Crippen LogP contribution in [-0.2, 0) is 11.2 Å². The van der Waals surface area contributed by atoms with Gasteiger partial charge in [-0.25, -0.2) is 0 Å². The third kappa shape index (κ3) is 6.55. The maximum atomic E-state index is 11.5. The van der Waals surface area contributed by atoms with Crippen LogP contribution in [0.3, 0.4) is 0 Å². The van der Waals surface area contributed by atoms with Gasteiger partial charge in [-0.3, -0.25) is 4.79 Å². The molecule has 2 aliphatic rings. The summed E-state index contributed by atoms with van der Waals surface area (Å²) in [7, 11) is 0. The Morgan fingerprint density at radius 1 is 1.27 bits per heavy atom. The molecule has 164 valence electrons. The van der Waals surface area contributed by atoms with E-state index in [-0.39, 0.29) is 17.9 Å². The number of nitrogens with one attached hydrogen (secondary N) is 1. The first-order valence-corrected chi connectivity index (χ1v) is 11.6. The van der Waals surface area contributed by atoms with Gasteiger partial charge in [0, 0.05) is 18.9 Å². The molecule has 0 unspecified atom stereocenters. The van der Waals surface area contributed by atoms with Gasteiger partial charge < -0.3 is 15.5 Å². The minimum absolute atomic E-state index is 0.137. The highest BCUT2D eigenvalue weighted by atomic mass is 16.3. The summed E-state index contributed by atoms with van der Waals surface area (Å²) in [6, 6.07) is 10.2. The Labute approximate surface area is 181 Å². The molecule has 1 amide bonds. The molecule has 0 spiro atoms. The first-order chi connectivity index (χ1) is 14.6. The van der Waals surface area contributed by atoms with Gasteiger partial charge in [0.05, 0.1) is 12.2 Å². The predicted octanol–water partition coefficient (Wildman–Crippen LogP) is 4.18. The second-order valence-electron chi connectivity index (χ2n) is 8.90. The molecule has 0 saturated heterocycles. The number of allylic oxidation sites excluding steroid dienone is 2. The van der Waals surface area contributed by atoms with Crippen LogP contribution >= 0.6 is 0 Å². The van der Waals surface area contributed by atoms with E-state index in [0.717, 1.165) is 38.5 Å². The monoisotopic (exact) mass is 411 g/mol. The van der Waals surface area contributed by atoms with Gasteiger partial charge in [-0.15, -0.1) is 0 Å². The van der Waals surface area contributed by atoms with E-state index in [4.69, 9.17) is 0 Å². The minimum Gasteiger partial charge on any atom is -0.392 e. The number of hydrogen-bond acceptors (Lipinski definition) is 3. The highest BCUT2D eigenvalue weighted by Crippen LogP contribution is 2.50. The first kappa shape index (κ1) is 22.8. The molecule has 3 N–H and O–H groups in total. The Bertz CT molecular complexity index is 727. The second kappa shape index (κ2) is 11.5. The Morgan fingerprint density at radius 3 is 2.83 bits per heavy atom. The molecule has 4 nitrogen and oxygen atoms in total. The molecule has 0 heterocycles. The SMILES string of the molecule is CCNC(=O)CCC/C=C1/C[C@H]2C[C@@H](O)[C@H](/C=C/[C@@H](O)CCc3ccccc3)[C@H]2C1. The lowest BCUT2D eigenvalue weighted by Gasteiger charge is -2.18. The number of hydrogen-bond donors (Lipinski definition) is 3. The summed E-state index contributed by atoms with van der Waals surface area (Å²) in [5.41, 5.74) is 2.72. The largest absolute Gasteiger partial charge is 0.392 e. The molecule has 0 aliphatic heterocycles. The molecule has 0 radical (unpaired) electrons. The number of aliphatic hydroxyl groups excluding tert-OH is 2. The van der Waals surface area contributed by atoms with Gasteiger partial charge in [0.2, 0.25) is 5.91 Å². The summed E-state index contributed by atoms with van der Waals surface area (Å²) in [4.78, 5) is 11.5. The number of aryl methyl sites for hydroxylation is 1. The number of benzene rings is 1. The average molecular weight is 412 g/mol. The molecule has 0 bridgehead atoms. The molecule has 3 rings (SSSR count). The van der Waals surface area contributed by atoms with Crippen molar-refractivity contribution in [2.45, 2.75) is 70.5 Å². The molecule has 4 heteroatoms. The molecular weight excluding hydrogens is 374 g/mol. The number of rotatable bonds is 10. The van der Waals surface area contributed by atoms with Crippen molar-refractivity contribution in [3.8, 4) is 0 Å². The lowest BCUT2D eigenvalue weighted by atomic mass is 9.90. The van der Waals surface area contributed by atoms with E-state index in [1.54, 1.807) is 0 Å². The second-order valence-corrected chi connectivity index (χ2v) is 8.90. The number of amides is 1. The van der Waals surface area contributed by atoms with Crippen molar-refractivity contribution >= 4 is 5.91 Å². The third-order valence-corrected chi connectivity index (χ3v) is 6.65. The quantitative estimate of drug-likeness (QED) is 0.400. The maximum absolute atomic E-state index is 11.5. The van der Waals surface area contributed by atoms with Gasteiger partial charge in [-0.2, -0.15) is 0 Å². The van der Waals surface area contributed by atoms with Gasteiger partial charge in [-0.05, 0) is 69.3 Å². The van der Waals surface area contributed by atoms with Crippen LogP contribution < -0.4 is 5.32 Å². The van der Waals surface area contributed by atoms with Crippen molar-refractivity contribution in [3.05, 3.63) is 59.7 Å². The van der Waals surface area contributed by atoms with Crippen LogP contribution in [0.2, 0.25) is 0 Å². The summed E-state index contributed by atoms with van der Waals surface area (Å²) in [6.07, 6.45) is 12.5. The van der Waals surface area contributed by atoms with E-state index in [9.17, 15) is 15.0 Å². The molecule has 1 aromatic carbocycles. The van der Waals surface area contributed by atoms with Crippen molar-refractivity contribution < 1.29 is 15.0 Å². The van der Waals surface area contributed by atoms with Gasteiger partial charge in [0.15, 0.2) is 0 Å². The van der Waals surface area contributed by atoms with E-state index in [2.05, 4.69) is 29.6 Å². The van der Waals surface area contributed by atoms with Gasteiger partial charge >= 0.3 is 0 Å². The molecule has 5 atom stereocenters. The third-order valence-electron chi connectivity index (χ3n) is 6.65. The van der Waals surface area contributed by atoms with Gasteiger partial charge in [0.25, 0.3) is 0 Å². The van der Waals surface area contributed by atoms with E-state index >= 15 is 0 Å². The predicted molar refractivity (Wildman–Crippen MR) is 121 cm³/mol. The number of carbonyl (C=O) groups is 1. The number of carbonyl (C=O) groups excluding carboxylic acids is 1. The van der Waals surface area contributed by atoms with Crippen LogP contribution in [0.5, 0.6) is 0 Å². The van der Waals surface area contributed by atoms with Gasteiger partial charge in [-0.1, -0.05) is 54.1 Å². The standard InChI is InChI=1S/C26H37NO3/c1-2-27-26(30)11-7-6-10-20-16-21-18-25(29)23(24(21)17-20)15-14-22(28)13-12-19-8-4-3-5-9-19/h3-5,8-10,14-15,21-25,28-29H,2,6-7,11-13,16-18H2,1H3,(H,27,30)/b15-14+,20-10-/t21-,22-,23+,24-,25+/m0/s1. The number of fused-ring (bicyclic) bond motifs is 1. The van der Waals surface area contributed by atoms with Crippen LogP contribution in [0.25, 0.3) is 0 Å². The smallest absolute Gasteiger partial charge is 0.219 e. The van der Waals surface area contributed by atoms with Crippen LogP contribution in [0.4, 0.5) is 0 Å². The van der Waals surface area contributed by atoms with Crippen molar-refractivity contribution in [2.24, 2.45) is 17.8 Å². The summed E-state index contributed by atoms with van der Waals surface area (Å²) >= 11 is 0. The Balaban J connectivity index is 1.45. The van der Waals surface area contributed by atoms with Gasteiger partial charge in [0.1, 0.15) is 0 Å². The normalized spacial score (nSPS) is 28.2. The van der Waals surface area contributed by atoms with Crippen molar-refractivity contribution in [3.63, 3.8) is 0 Å². The van der Waals surface area contributed by atoms with Crippen molar-refractivity contribution in [1.82, 2.24) is 5.32 Å². The summed E-state index contributed by atoms with van der Waals surface area (Å²) < 4.78 is 0. The fourth-order valence-corrected chi connectivity index (χ4v) is 5.11. The van der Waals surface area contributed by atoms with Crippen LogP contribution in [0.15, 0.2) is 54.1 Å². The molecule has 1 aromatic rings. The summed E-state index contributed by atoms with van der Waals surface area (Å²) in [5, 5.41) is 23.7. The molecule has 2 aliphatic carbocycles. The Kier molecular flexibility index (Phi) is 8.71. The summed E-state index contributed by atoms with van der Waals surface area (Å²) in [5.74, 6) is 1.30. The van der Waals surface area contributed by atoms with E-state index in [1.807, 2.05) is 31.2 Å². The Hall–Kier alpha value is -1.91. The van der Waals surface area contributed by atoms with Crippen molar-refractivity contribution in [2.75, 3.05) is 6.54 Å². The fraction of sp³-hybridized carbons (Fsp3) is 0.577. The van der Waals surface area contributed by atoms with E-state index < -0.39 is 6.10 Å². The van der Waals surface area contributed by atoms with Crippen LogP contribution in [0.1, 0.15) is 57.4 Å². The van der Waals surface area contributed by atoms with Crippen LogP contribution in [0, 0.1) is 17.8 Å². The van der Waals surface area contributed by atoms with Crippen LogP contribution in [-0.4, -0.2) is 34.9 Å².